The first-order valence-corrected chi connectivity index (χ1v) is 10.1. The van der Waals surface area contributed by atoms with Crippen molar-refractivity contribution in [2.45, 2.75) is 86.6 Å². The minimum Gasteiger partial charge on any atom is -0.465 e. The van der Waals surface area contributed by atoms with Crippen LogP contribution in [0.4, 0.5) is 0 Å². The SMILES string of the molecule is CCC(C)(CC(C)C)C(=O)OCCCCCCn1c(C)c(C)c(=O)[nH]c1=O. The molecule has 0 aliphatic rings. The molecule has 0 amide bonds. The summed E-state index contributed by atoms with van der Waals surface area (Å²) in [5.74, 6) is 0.371. The Bertz CT molecular complexity index is 733. The molecule has 0 bridgehead atoms. The van der Waals surface area contributed by atoms with Crippen molar-refractivity contribution in [1.29, 1.82) is 0 Å². The smallest absolute Gasteiger partial charge is 0.328 e. The second-order valence-electron chi connectivity index (χ2n) is 8.18. The van der Waals surface area contributed by atoms with Crippen molar-refractivity contribution < 1.29 is 9.53 Å². The number of hydrogen-bond acceptors (Lipinski definition) is 4. The summed E-state index contributed by atoms with van der Waals surface area (Å²) in [6.45, 7) is 12.8. The standard InChI is InChI=1S/C21H36N2O4/c1-7-21(6,14-15(2)3)19(25)27-13-11-9-8-10-12-23-17(5)16(4)18(24)22-20(23)26/h15H,7-14H2,1-6H3,(H,22,24,26). The average Bonchev–Trinajstić information content (AvgIpc) is 2.60. The highest BCUT2D eigenvalue weighted by Crippen LogP contribution is 2.31. The molecule has 0 fully saturated rings. The second-order valence-corrected chi connectivity index (χ2v) is 8.18. The lowest BCUT2D eigenvalue weighted by Crippen LogP contribution is -2.33. The van der Waals surface area contributed by atoms with Crippen LogP contribution in [0.1, 0.15) is 77.5 Å². The number of carbonyl (C=O) groups is 1. The highest BCUT2D eigenvalue weighted by Gasteiger charge is 2.33. The van der Waals surface area contributed by atoms with Crippen LogP contribution in [-0.2, 0) is 16.1 Å². The molecular weight excluding hydrogens is 344 g/mol. The Morgan fingerprint density at radius 2 is 1.78 bits per heavy atom. The topological polar surface area (TPSA) is 81.2 Å². The number of aromatic nitrogens is 2. The predicted molar refractivity (Wildman–Crippen MR) is 108 cm³/mol. The molecule has 1 aromatic rings. The number of rotatable bonds is 11. The van der Waals surface area contributed by atoms with Crippen molar-refractivity contribution in [3.05, 3.63) is 32.1 Å². The summed E-state index contributed by atoms with van der Waals surface area (Å²) in [5, 5.41) is 0. The molecule has 0 saturated carbocycles. The Morgan fingerprint density at radius 3 is 2.37 bits per heavy atom. The predicted octanol–water partition coefficient (Wildman–Crippen LogP) is 3.72. The maximum Gasteiger partial charge on any atom is 0.328 e. The number of unbranched alkanes of at least 4 members (excludes halogenated alkanes) is 3. The summed E-state index contributed by atoms with van der Waals surface area (Å²) in [7, 11) is 0. The van der Waals surface area contributed by atoms with Gasteiger partial charge in [-0.05, 0) is 58.8 Å². The van der Waals surface area contributed by atoms with Crippen LogP contribution in [0, 0.1) is 25.2 Å². The van der Waals surface area contributed by atoms with Crippen LogP contribution >= 0.6 is 0 Å². The first-order valence-electron chi connectivity index (χ1n) is 10.1. The Labute approximate surface area is 162 Å². The van der Waals surface area contributed by atoms with Gasteiger partial charge in [0.15, 0.2) is 0 Å². The van der Waals surface area contributed by atoms with E-state index in [9.17, 15) is 14.4 Å². The summed E-state index contributed by atoms with van der Waals surface area (Å²) in [6, 6.07) is 0. The number of hydrogen-bond donors (Lipinski definition) is 1. The van der Waals surface area contributed by atoms with E-state index in [0.29, 0.717) is 24.6 Å². The van der Waals surface area contributed by atoms with E-state index in [1.54, 1.807) is 18.4 Å². The van der Waals surface area contributed by atoms with E-state index < -0.39 is 5.41 Å². The zero-order valence-electron chi connectivity index (χ0n) is 17.8. The van der Waals surface area contributed by atoms with Crippen LogP contribution in [0.3, 0.4) is 0 Å². The molecule has 0 aromatic carbocycles. The number of nitrogens with zero attached hydrogens (tertiary/aromatic N) is 1. The van der Waals surface area contributed by atoms with Crippen molar-refractivity contribution >= 4 is 5.97 Å². The minimum atomic E-state index is -0.394. The summed E-state index contributed by atoms with van der Waals surface area (Å²) < 4.78 is 7.12. The molecule has 0 spiro atoms. The molecule has 27 heavy (non-hydrogen) atoms. The van der Waals surface area contributed by atoms with Gasteiger partial charge in [-0.1, -0.05) is 27.2 Å². The molecule has 0 aliphatic carbocycles. The maximum atomic E-state index is 12.4. The Hall–Kier alpha value is -1.85. The Morgan fingerprint density at radius 1 is 1.15 bits per heavy atom. The number of H-pyrrole nitrogens is 1. The van der Waals surface area contributed by atoms with Crippen LogP contribution in [0.5, 0.6) is 0 Å². The van der Waals surface area contributed by atoms with Crippen molar-refractivity contribution in [3.8, 4) is 0 Å². The van der Waals surface area contributed by atoms with Crippen molar-refractivity contribution in [3.63, 3.8) is 0 Å². The van der Waals surface area contributed by atoms with Gasteiger partial charge in [0.25, 0.3) is 5.56 Å². The van der Waals surface area contributed by atoms with Gasteiger partial charge in [-0.3, -0.25) is 19.1 Å². The van der Waals surface area contributed by atoms with Gasteiger partial charge in [-0.25, -0.2) is 4.79 Å². The van der Waals surface area contributed by atoms with E-state index in [0.717, 1.165) is 44.2 Å². The molecule has 6 heteroatoms. The van der Waals surface area contributed by atoms with Gasteiger partial charge in [0, 0.05) is 17.8 Å². The molecule has 6 nitrogen and oxygen atoms in total. The van der Waals surface area contributed by atoms with E-state index in [2.05, 4.69) is 18.8 Å². The van der Waals surface area contributed by atoms with E-state index in [-0.39, 0.29) is 17.2 Å². The molecule has 1 rings (SSSR count). The average molecular weight is 381 g/mol. The van der Waals surface area contributed by atoms with Gasteiger partial charge in [0.05, 0.1) is 12.0 Å². The van der Waals surface area contributed by atoms with Crippen molar-refractivity contribution in [2.75, 3.05) is 6.61 Å². The monoisotopic (exact) mass is 380 g/mol. The lowest BCUT2D eigenvalue weighted by atomic mass is 9.80. The second kappa shape index (κ2) is 10.5. The van der Waals surface area contributed by atoms with Crippen LogP contribution in [0.25, 0.3) is 0 Å². The molecule has 0 radical (unpaired) electrons. The molecule has 1 heterocycles. The van der Waals surface area contributed by atoms with Crippen LogP contribution < -0.4 is 11.2 Å². The summed E-state index contributed by atoms with van der Waals surface area (Å²) >= 11 is 0. The quantitative estimate of drug-likeness (QED) is 0.469. The summed E-state index contributed by atoms with van der Waals surface area (Å²) in [5.41, 5.74) is 0.256. The van der Waals surface area contributed by atoms with Gasteiger partial charge >= 0.3 is 11.7 Å². The normalized spacial score (nSPS) is 13.6. The molecule has 1 aromatic heterocycles. The van der Waals surface area contributed by atoms with Crippen molar-refractivity contribution in [2.24, 2.45) is 11.3 Å². The van der Waals surface area contributed by atoms with E-state index in [1.165, 1.54) is 0 Å². The number of aromatic amines is 1. The number of ether oxygens (including phenoxy) is 1. The number of esters is 1. The fourth-order valence-corrected chi connectivity index (χ4v) is 3.38. The highest BCUT2D eigenvalue weighted by molar-refractivity contribution is 5.76. The minimum absolute atomic E-state index is 0.0930. The van der Waals surface area contributed by atoms with E-state index in [1.807, 2.05) is 13.8 Å². The fraction of sp³-hybridized carbons (Fsp3) is 0.762. The third-order valence-corrected chi connectivity index (χ3v) is 5.39. The zero-order chi connectivity index (χ0) is 20.6. The maximum absolute atomic E-state index is 12.4. The summed E-state index contributed by atoms with van der Waals surface area (Å²) in [6.07, 6.45) is 5.19. The molecule has 1 atom stereocenters. The van der Waals surface area contributed by atoms with Crippen LogP contribution in [0.15, 0.2) is 9.59 Å². The number of nitrogens with one attached hydrogen (secondary N) is 1. The zero-order valence-corrected chi connectivity index (χ0v) is 17.8. The molecule has 0 saturated heterocycles. The molecular formula is C21H36N2O4. The van der Waals surface area contributed by atoms with Crippen LogP contribution in [0.2, 0.25) is 0 Å². The van der Waals surface area contributed by atoms with Gasteiger partial charge in [-0.15, -0.1) is 0 Å². The van der Waals surface area contributed by atoms with E-state index in [4.69, 9.17) is 4.74 Å². The largest absolute Gasteiger partial charge is 0.465 e. The first-order chi connectivity index (χ1) is 12.6. The Kier molecular flexibility index (Phi) is 9.00. The van der Waals surface area contributed by atoms with Gasteiger partial charge in [0.2, 0.25) is 0 Å². The third kappa shape index (κ3) is 6.67. The van der Waals surface area contributed by atoms with Gasteiger partial charge in [-0.2, -0.15) is 0 Å². The molecule has 154 valence electrons. The Balaban J connectivity index is 2.34. The highest BCUT2D eigenvalue weighted by atomic mass is 16.5. The van der Waals surface area contributed by atoms with Crippen molar-refractivity contribution in [1.82, 2.24) is 9.55 Å². The van der Waals surface area contributed by atoms with Gasteiger partial charge in [0.1, 0.15) is 0 Å². The lowest BCUT2D eigenvalue weighted by molar-refractivity contribution is -0.156. The van der Waals surface area contributed by atoms with E-state index >= 15 is 0 Å². The fourth-order valence-electron chi connectivity index (χ4n) is 3.38. The van der Waals surface area contributed by atoms with Gasteiger partial charge < -0.3 is 4.74 Å². The molecule has 0 aliphatic heterocycles. The molecule has 1 N–H and O–H groups in total. The lowest BCUT2D eigenvalue weighted by Gasteiger charge is -2.27. The third-order valence-electron chi connectivity index (χ3n) is 5.39. The first kappa shape index (κ1) is 23.2. The summed E-state index contributed by atoms with van der Waals surface area (Å²) in [4.78, 5) is 38.2. The van der Waals surface area contributed by atoms with Crippen LogP contribution in [-0.4, -0.2) is 22.1 Å². The molecule has 1 unspecified atom stereocenters. The number of carbonyl (C=O) groups excluding carboxylic acids is 1.